The summed E-state index contributed by atoms with van der Waals surface area (Å²) in [4.78, 5) is 41.2. The van der Waals surface area contributed by atoms with Crippen molar-refractivity contribution in [1.82, 2.24) is 14.8 Å². The number of aromatic nitrogens is 1. The average Bonchev–Trinajstić information content (AvgIpc) is 2.46. The summed E-state index contributed by atoms with van der Waals surface area (Å²) in [6.45, 7) is 3.02. The first kappa shape index (κ1) is 13.2. The molecule has 1 saturated heterocycles. The summed E-state index contributed by atoms with van der Waals surface area (Å²) < 4.78 is 0. The van der Waals surface area contributed by atoms with E-state index in [0.29, 0.717) is 31.6 Å². The Labute approximate surface area is 111 Å². The van der Waals surface area contributed by atoms with E-state index in [1.165, 1.54) is 4.90 Å². The molecule has 6 heteroatoms. The van der Waals surface area contributed by atoms with Gasteiger partial charge in [-0.1, -0.05) is 6.07 Å². The van der Waals surface area contributed by atoms with E-state index in [0.717, 1.165) is 0 Å². The summed E-state index contributed by atoms with van der Waals surface area (Å²) in [5, 5.41) is 0. The molecule has 0 aliphatic carbocycles. The summed E-state index contributed by atoms with van der Waals surface area (Å²) in [6, 6.07) is 5.01. The summed E-state index contributed by atoms with van der Waals surface area (Å²) in [7, 11) is 0. The highest BCUT2D eigenvalue weighted by molar-refractivity contribution is 6.23. The highest BCUT2D eigenvalue weighted by Crippen LogP contribution is 2.12. The second-order valence-corrected chi connectivity index (χ2v) is 4.46. The number of carbonyl (C=O) groups is 3. The standard InChI is InChI=1S/C13H15N3O3/c1-10-8-15(6-7-16(10)12(18)9-17)13(19)11-4-2-3-5-14-11/h2-5,9-10H,6-8H2,1H3. The van der Waals surface area contributed by atoms with Gasteiger partial charge in [0.2, 0.25) is 6.29 Å². The number of aldehydes is 1. The SMILES string of the molecule is CC1CN(C(=O)c2ccccn2)CCN1C(=O)C=O. The zero-order chi connectivity index (χ0) is 13.8. The minimum atomic E-state index is -0.530. The van der Waals surface area contributed by atoms with Crippen molar-refractivity contribution in [2.45, 2.75) is 13.0 Å². The van der Waals surface area contributed by atoms with E-state index in [9.17, 15) is 14.4 Å². The molecule has 1 aliphatic rings. The predicted octanol–water partition coefficient (Wildman–Crippen LogP) is -0.0466. The zero-order valence-corrected chi connectivity index (χ0v) is 10.7. The third-order valence-electron chi connectivity index (χ3n) is 3.18. The van der Waals surface area contributed by atoms with Crippen LogP contribution in [0.25, 0.3) is 0 Å². The van der Waals surface area contributed by atoms with Crippen molar-refractivity contribution in [2.75, 3.05) is 19.6 Å². The molecule has 0 aromatic carbocycles. The maximum Gasteiger partial charge on any atom is 0.287 e. The average molecular weight is 261 g/mol. The molecule has 1 fully saturated rings. The Morgan fingerprint density at radius 3 is 2.74 bits per heavy atom. The van der Waals surface area contributed by atoms with Gasteiger partial charge >= 0.3 is 0 Å². The molecule has 1 aliphatic heterocycles. The van der Waals surface area contributed by atoms with Gasteiger partial charge in [-0.15, -0.1) is 0 Å². The Bertz CT molecular complexity index is 489. The topological polar surface area (TPSA) is 70.6 Å². The first-order valence-corrected chi connectivity index (χ1v) is 6.09. The van der Waals surface area contributed by atoms with Crippen LogP contribution in [0.5, 0.6) is 0 Å². The van der Waals surface area contributed by atoms with Crippen LogP contribution in [0.2, 0.25) is 0 Å². The van der Waals surface area contributed by atoms with Gasteiger partial charge in [-0.2, -0.15) is 0 Å². The van der Waals surface area contributed by atoms with Crippen LogP contribution in [-0.2, 0) is 9.59 Å². The van der Waals surface area contributed by atoms with E-state index >= 15 is 0 Å². The Kier molecular flexibility index (Phi) is 3.89. The van der Waals surface area contributed by atoms with Crippen LogP contribution in [0, 0.1) is 0 Å². The lowest BCUT2D eigenvalue weighted by Crippen LogP contribution is -2.55. The number of hydrogen-bond acceptors (Lipinski definition) is 4. The third-order valence-corrected chi connectivity index (χ3v) is 3.18. The highest BCUT2D eigenvalue weighted by Gasteiger charge is 2.30. The normalized spacial score (nSPS) is 19.1. The van der Waals surface area contributed by atoms with Crippen LogP contribution >= 0.6 is 0 Å². The lowest BCUT2D eigenvalue weighted by atomic mass is 10.1. The molecule has 0 bridgehead atoms. The first-order chi connectivity index (χ1) is 9.13. The summed E-state index contributed by atoms with van der Waals surface area (Å²) in [5.41, 5.74) is 0.393. The molecule has 0 saturated carbocycles. The second-order valence-electron chi connectivity index (χ2n) is 4.46. The van der Waals surface area contributed by atoms with Gasteiger partial charge in [-0.25, -0.2) is 0 Å². The van der Waals surface area contributed by atoms with Crippen LogP contribution < -0.4 is 0 Å². The van der Waals surface area contributed by atoms with E-state index in [4.69, 9.17) is 0 Å². The Balaban J connectivity index is 2.04. The lowest BCUT2D eigenvalue weighted by molar-refractivity contribution is -0.141. The van der Waals surface area contributed by atoms with Crippen molar-refractivity contribution in [2.24, 2.45) is 0 Å². The van der Waals surface area contributed by atoms with E-state index in [1.54, 1.807) is 29.3 Å². The molecule has 19 heavy (non-hydrogen) atoms. The van der Waals surface area contributed by atoms with Crippen molar-refractivity contribution in [1.29, 1.82) is 0 Å². The van der Waals surface area contributed by atoms with Gasteiger partial charge in [0.15, 0.2) is 0 Å². The van der Waals surface area contributed by atoms with Crippen LogP contribution in [-0.4, -0.2) is 58.6 Å². The molecule has 0 spiro atoms. The van der Waals surface area contributed by atoms with Gasteiger partial charge in [-0.05, 0) is 19.1 Å². The smallest absolute Gasteiger partial charge is 0.287 e. The van der Waals surface area contributed by atoms with Gasteiger partial charge in [0.1, 0.15) is 5.69 Å². The fourth-order valence-corrected chi connectivity index (χ4v) is 2.19. The van der Waals surface area contributed by atoms with Crippen molar-refractivity contribution in [3.05, 3.63) is 30.1 Å². The van der Waals surface area contributed by atoms with Crippen molar-refractivity contribution >= 4 is 18.1 Å². The Morgan fingerprint density at radius 2 is 2.16 bits per heavy atom. The van der Waals surface area contributed by atoms with Crippen molar-refractivity contribution in [3.63, 3.8) is 0 Å². The number of pyridine rings is 1. The monoisotopic (exact) mass is 261 g/mol. The largest absolute Gasteiger partial charge is 0.333 e. The van der Waals surface area contributed by atoms with Gasteiger partial charge in [0.05, 0.1) is 0 Å². The summed E-state index contributed by atoms with van der Waals surface area (Å²) >= 11 is 0. The van der Waals surface area contributed by atoms with E-state index in [1.807, 2.05) is 6.92 Å². The molecule has 0 N–H and O–H groups in total. The van der Waals surface area contributed by atoms with Gasteiger partial charge in [0, 0.05) is 31.9 Å². The second kappa shape index (κ2) is 5.60. The number of amides is 2. The fourth-order valence-electron chi connectivity index (χ4n) is 2.19. The van der Waals surface area contributed by atoms with E-state index in [2.05, 4.69) is 4.98 Å². The van der Waals surface area contributed by atoms with Crippen LogP contribution in [0.15, 0.2) is 24.4 Å². The molecular formula is C13H15N3O3. The molecule has 2 heterocycles. The fraction of sp³-hybridized carbons (Fsp3) is 0.385. The quantitative estimate of drug-likeness (QED) is 0.553. The van der Waals surface area contributed by atoms with Crippen LogP contribution in [0.3, 0.4) is 0 Å². The number of carbonyl (C=O) groups excluding carboxylic acids is 3. The van der Waals surface area contributed by atoms with Crippen molar-refractivity contribution < 1.29 is 14.4 Å². The number of hydrogen-bond donors (Lipinski definition) is 0. The molecule has 2 rings (SSSR count). The number of nitrogens with zero attached hydrogens (tertiary/aromatic N) is 3. The van der Waals surface area contributed by atoms with E-state index in [-0.39, 0.29) is 11.9 Å². The van der Waals surface area contributed by atoms with Gasteiger partial charge < -0.3 is 9.80 Å². The Hall–Kier alpha value is -2.24. The molecule has 100 valence electrons. The van der Waals surface area contributed by atoms with Gasteiger partial charge in [0.25, 0.3) is 11.8 Å². The molecular weight excluding hydrogens is 246 g/mol. The van der Waals surface area contributed by atoms with Crippen LogP contribution in [0.1, 0.15) is 17.4 Å². The highest BCUT2D eigenvalue weighted by atomic mass is 16.2. The first-order valence-electron chi connectivity index (χ1n) is 6.09. The number of rotatable bonds is 2. The zero-order valence-electron chi connectivity index (χ0n) is 10.7. The van der Waals surface area contributed by atoms with Gasteiger partial charge in [-0.3, -0.25) is 19.4 Å². The molecule has 1 aromatic heterocycles. The third kappa shape index (κ3) is 2.78. The predicted molar refractivity (Wildman–Crippen MR) is 67.4 cm³/mol. The Morgan fingerprint density at radius 1 is 1.37 bits per heavy atom. The molecule has 1 atom stereocenters. The van der Waals surface area contributed by atoms with Crippen LogP contribution in [0.4, 0.5) is 0 Å². The minimum Gasteiger partial charge on any atom is -0.333 e. The maximum absolute atomic E-state index is 12.2. The van der Waals surface area contributed by atoms with E-state index < -0.39 is 5.91 Å². The molecule has 0 radical (unpaired) electrons. The lowest BCUT2D eigenvalue weighted by Gasteiger charge is -2.38. The summed E-state index contributed by atoms with van der Waals surface area (Å²) in [6.07, 6.45) is 1.88. The van der Waals surface area contributed by atoms with Crippen molar-refractivity contribution in [3.8, 4) is 0 Å². The number of piperazine rings is 1. The summed E-state index contributed by atoms with van der Waals surface area (Å²) in [5.74, 6) is -0.678. The molecule has 2 amide bonds. The molecule has 1 unspecified atom stereocenters. The maximum atomic E-state index is 12.2. The molecule has 1 aromatic rings. The molecule has 6 nitrogen and oxygen atoms in total. The minimum absolute atomic E-state index is 0.148.